The van der Waals surface area contributed by atoms with Crippen LogP contribution in [0, 0.1) is 0 Å². The highest BCUT2D eigenvalue weighted by Crippen LogP contribution is 2.26. The Hall–Kier alpha value is -0.450. The molecule has 1 heterocycles. The first-order valence-corrected chi connectivity index (χ1v) is 7.24. The van der Waals surface area contributed by atoms with Crippen LogP contribution in [0.25, 0.3) is 0 Å². The molecule has 0 atom stereocenters. The molecule has 1 aromatic heterocycles. The lowest BCUT2D eigenvalue weighted by atomic mass is 10.0. The van der Waals surface area contributed by atoms with Crippen molar-refractivity contribution in [1.82, 2.24) is 4.90 Å². The van der Waals surface area contributed by atoms with Crippen molar-refractivity contribution in [2.75, 3.05) is 26.4 Å². The Labute approximate surface area is 109 Å². The SMILES string of the molecule is CC(C)c1cc(CSCCN)oc1CN(C)C. The first-order valence-electron chi connectivity index (χ1n) is 6.08. The lowest BCUT2D eigenvalue weighted by Crippen LogP contribution is -2.11. The number of nitrogens with zero attached hydrogens (tertiary/aromatic N) is 1. The minimum atomic E-state index is 0.516. The van der Waals surface area contributed by atoms with Crippen molar-refractivity contribution < 1.29 is 4.42 Å². The molecule has 0 bridgehead atoms. The van der Waals surface area contributed by atoms with Gasteiger partial charge in [-0.3, -0.25) is 0 Å². The number of thioether (sulfide) groups is 1. The van der Waals surface area contributed by atoms with Gasteiger partial charge in [-0.15, -0.1) is 0 Å². The third kappa shape index (κ3) is 4.74. The minimum absolute atomic E-state index is 0.516. The van der Waals surface area contributed by atoms with Crippen LogP contribution in [0.3, 0.4) is 0 Å². The molecule has 1 aromatic rings. The molecule has 0 unspecified atom stereocenters. The van der Waals surface area contributed by atoms with Gasteiger partial charge >= 0.3 is 0 Å². The highest BCUT2D eigenvalue weighted by molar-refractivity contribution is 7.98. The molecule has 0 fully saturated rings. The van der Waals surface area contributed by atoms with Crippen LogP contribution in [0.1, 0.15) is 36.8 Å². The second-order valence-corrected chi connectivity index (χ2v) is 5.93. The molecule has 0 aliphatic rings. The van der Waals surface area contributed by atoms with Crippen molar-refractivity contribution >= 4 is 11.8 Å². The van der Waals surface area contributed by atoms with Crippen LogP contribution >= 0.6 is 11.8 Å². The summed E-state index contributed by atoms with van der Waals surface area (Å²) in [6.07, 6.45) is 0. The fourth-order valence-electron chi connectivity index (χ4n) is 1.73. The Morgan fingerprint density at radius 3 is 2.65 bits per heavy atom. The number of rotatable bonds is 7. The fourth-order valence-corrected chi connectivity index (χ4v) is 2.38. The van der Waals surface area contributed by atoms with E-state index in [4.69, 9.17) is 10.2 Å². The average molecular weight is 256 g/mol. The Morgan fingerprint density at radius 2 is 2.12 bits per heavy atom. The van der Waals surface area contributed by atoms with Crippen molar-refractivity contribution in [3.05, 3.63) is 23.2 Å². The Kier molecular flexibility index (Phi) is 6.09. The Morgan fingerprint density at radius 1 is 1.41 bits per heavy atom. The van der Waals surface area contributed by atoms with E-state index in [0.717, 1.165) is 36.1 Å². The quantitative estimate of drug-likeness (QED) is 0.762. The summed E-state index contributed by atoms with van der Waals surface area (Å²) in [5.41, 5.74) is 6.82. The second kappa shape index (κ2) is 7.09. The summed E-state index contributed by atoms with van der Waals surface area (Å²) in [6, 6.07) is 2.20. The monoisotopic (exact) mass is 256 g/mol. The molecule has 1 rings (SSSR count). The van der Waals surface area contributed by atoms with Crippen LogP contribution in [0.2, 0.25) is 0 Å². The molecule has 98 valence electrons. The summed E-state index contributed by atoms with van der Waals surface area (Å²) in [7, 11) is 4.13. The smallest absolute Gasteiger partial charge is 0.121 e. The second-order valence-electron chi connectivity index (χ2n) is 4.82. The van der Waals surface area contributed by atoms with Gasteiger partial charge in [-0.05, 0) is 31.6 Å². The zero-order valence-electron chi connectivity index (χ0n) is 11.3. The molecular formula is C13H24N2OS. The van der Waals surface area contributed by atoms with Gasteiger partial charge in [0.25, 0.3) is 0 Å². The molecule has 2 N–H and O–H groups in total. The molecule has 0 saturated heterocycles. The molecule has 3 nitrogen and oxygen atoms in total. The van der Waals surface area contributed by atoms with Crippen LogP contribution in [-0.4, -0.2) is 31.3 Å². The molecular weight excluding hydrogens is 232 g/mol. The summed E-state index contributed by atoms with van der Waals surface area (Å²) < 4.78 is 5.93. The van der Waals surface area contributed by atoms with Crippen LogP contribution < -0.4 is 5.73 Å². The highest BCUT2D eigenvalue weighted by Gasteiger charge is 2.14. The van der Waals surface area contributed by atoms with Gasteiger partial charge in [0, 0.05) is 12.3 Å². The molecule has 0 saturated carbocycles. The van der Waals surface area contributed by atoms with Gasteiger partial charge < -0.3 is 15.1 Å². The van der Waals surface area contributed by atoms with E-state index >= 15 is 0 Å². The normalized spacial score (nSPS) is 11.7. The summed E-state index contributed by atoms with van der Waals surface area (Å²) in [4.78, 5) is 2.14. The molecule has 0 aliphatic carbocycles. The Bertz CT molecular complexity index is 334. The maximum Gasteiger partial charge on any atom is 0.121 e. The number of hydrogen-bond donors (Lipinski definition) is 1. The summed E-state index contributed by atoms with van der Waals surface area (Å²) in [5.74, 6) is 4.60. The van der Waals surface area contributed by atoms with E-state index < -0.39 is 0 Å². The van der Waals surface area contributed by atoms with Crippen molar-refractivity contribution in [3.8, 4) is 0 Å². The van der Waals surface area contributed by atoms with Gasteiger partial charge in [-0.2, -0.15) is 11.8 Å². The minimum Gasteiger partial charge on any atom is -0.464 e. The van der Waals surface area contributed by atoms with E-state index in [1.807, 2.05) is 11.8 Å². The van der Waals surface area contributed by atoms with Crippen molar-refractivity contribution in [2.45, 2.75) is 32.1 Å². The first kappa shape index (κ1) is 14.6. The summed E-state index contributed by atoms with van der Waals surface area (Å²) in [6.45, 7) is 6.02. The third-order valence-electron chi connectivity index (χ3n) is 2.48. The van der Waals surface area contributed by atoms with Gasteiger partial charge in [-0.25, -0.2) is 0 Å². The van der Waals surface area contributed by atoms with E-state index in [2.05, 4.69) is 38.9 Å². The van der Waals surface area contributed by atoms with E-state index in [1.165, 1.54) is 5.56 Å². The van der Waals surface area contributed by atoms with Gasteiger partial charge in [0.1, 0.15) is 11.5 Å². The molecule has 0 aliphatic heterocycles. The van der Waals surface area contributed by atoms with Gasteiger partial charge in [0.2, 0.25) is 0 Å². The Balaban J connectivity index is 2.73. The van der Waals surface area contributed by atoms with E-state index in [9.17, 15) is 0 Å². The van der Waals surface area contributed by atoms with Crippen LogP contribution in [0.4, 0.5) is 0 Å². The lowest BCUT2D eigenvalue weighted by molar-refractivity contribution is 0.341. The molecule has 17 heavy (non-hydrogen) atoms. The van der Waals surface area contributed by atoms with Crippen LogP contribution in [-0.2, 0) is 12.3 Å². The molecule has 0 spiro atoms. The van der Waals surface area contributed by atoms with Gasteiger partial charge in [0.05, 0.1) is 12.3 Å². The fraction of sp³-hybridized carbons (Fsp3) is 0.692. The molecule has 0 radical (unpaired) electrons. The molecule has 0 aromatic carbocycles. The number of hydrogen-bond acceptors (Lipinski definition) is 4. The standard InChI is InChI=1S/C13H24N2OS/c1-10(2)12-7-11(9-17-6-5-14)16-13(12)8-15(3)4/h7,10H,5-6,8-9,14H2,1-4H3. The van der Waals surface area contributed by atoms with Gasteiger partial charge in [-0.1, -0.05) is 13.8 Å². The topological polar surface area (TPSA) is 42.4 Å². The average Bonchev–Trinajstić information content (AvgIpc) is 2.60. The zero-order valence-corrected chi connectivity index (χ0v) is 12.1. The van der Waals surface area contributed by atoms with Crippen molar-refractivity contribution in [2.24, 2.45) is 5.73 Å². The first-order chi connectivity index (χ1) is 8.04. The predicted molar refractivity (Wildman–Crippen MR) is 75.4 cm³/mol. The summed E-state index contributed by atoms with van der Waals surface area (Å²) in [5, 5.41) is 0. The van der Waals surface area contributed by atoms with Crippen LogP contribution in [0.15, 0.2) is 10.5 Å². The molecule has 0 amide bonds. The summed E-state index contributed by atoms with van der Waals surface area (Å²) >= 11 is 1.83. The van der Waals surface area contributed by atoms with Crippen LogP contribution in [0.5, 0.6) is 0 Å². The zero-order chi connectivity index (χ0) is 12.8. The lowest BCUT2D eigenvalue weighted by Gasteiger charge is -2.10. The number of nitrogens with two attached hydrogens (primary N) is 1. The number of furan rings is 1. The highest BCUT2D eigenvalue weighted by atomic mass is 32.2. The van der Waals surface area contributed by atoms with Crippen molar-refractivity contribution in [1.29, 1.82) is 0 Å². The maximum absolute atomic E-state index is 5.93. The largest absolute Gasteiger partial charge is 0.464 e. The third-order valence-corrected chi connectivity index (χ3v) is 3.49. The van der Waals surface area contributed by atoms with E-state index in [0.29, 0.717) is 5.92 Å². The van der Waals surface area contributed by atoms with Crippen molar-refractivity contribution in [3.63, 3.8) is 0 Å². The van der Waals surface area contributed by atoms with E-state index in [1.54, 1.807) is 0 Å². The maximum atomic E-state index is 5.93. The van der Waals surface area contributed by atoms with E-state index in [-0.39, 0.29) is 0 Å². The predicted octanol–water partition coefficient (Wildman–Crippen LogP) is 2.66. The van der Waals surface area contributed by atoms with Gasteiger partial charge in [0.15, 0.2) is 0 Å². The molecule has 4 heteroatoms.